The molecule has 1 saturated heterocycles. The monoisotopic (exact) mass is 264 g/mol. The van der Waals surface area contributed by atoms with E-state index in [-0.39, 0.29) is 23.0 Å². The Morgan fingerprint density at radius 3 is 2.68 bits per heavy atom. The van der Waals surface area contributed by atoms with Gasteiger partial charge in [-0.25, -0.2) is 0 Å². The molecule has 0 radical (unpaired) electrons. The van der Waals surface area contributed by atoms with Crippen LogP contribution in [0.5, 0.6) is 0 Å². The highest BCUT2D eigenvalue weighted by Gasteiger charge is 2.83. The largest absolute Gasteiger partial charge is 0.481 e. The number of hydrogen-bond donors (Lipinski definition) is 2. The van der Waals surface area contributed by atoms with E-state index in [0.29, 0.717) is 12.3 Å². The highest BCUT2D eigenvalue weighted by Crippen LogP contribution is 2.77. The van der Waals surface area contributed by atoms with Crippen molar-refractivity contribution in [3.63, 3.8) is 0 Å². The van der Waals surface area contributed by atoms with Gasteiger partial charge in [0.1, 0.15) is 17.8 Å². The van der Waals surface area contributed by atoms with Crippen molar-refractivity contribution in [2.45, 2.75) is 50.9 Å². The van der Waals surface area contributed by atoms with Crippen LogP contribution in [0.25, 0.3) is 0 Å². The number of aliphatic carboxylic acids is 1. The first-order valence-corrected chi connectivity index (χ1v) is 7.05. The van der Waals surface area contributed by atoms with Crippen molar-refractivity contribution in [2.24, 2.45) is 22.7 Å². The molecule has 3 saturated carbocycles. The van der Waals surface area contributed by atoms with Gasteiger partial charge in [0.15, 0.2) is 0 Å². The smallest absolute Gasteiger partial charge is 0.309 e. The number of rotatable bonds is 1. The van der Waals surface area contributed by atoms with Gasteiger partial charge >= 0.3 is 5.97 Å². The van der Waals surface area contributed by atoms with Crippen LogP contribution in [0.1, 0.15) is 33.1 Å². The first kappa shape index (κ1) is 11.9. The Labute approximate surface area is 112 Å². The zero-order valence-electron chi connectivity index (χ0n) is 11.3. The fourth-order valence-electron chi connectivity index (χ4n) is 5.53. The first-order valence-electron chi connectivity index (χ1n) is 7.05. The molecule has 1 spiro atoms. The topological polar surface area (TPSA) is 70.1 Å². The third kappa shape index (κ3) is 1.02. The molecule has 0 aromatic rings. The van der Waals surface area contributed by atoms with Crippen molar-refractivity contribution < 1.29 is 19.7 Å². The number of fused-ring (bicyclic) bond motifs is 2. The van der Waals surface area contributed by atoms with Gasteiger partial charge in [0, 0.05) is 5.41 Å². The maximum absolute atomic E-state index is 11.5. The third-order valence-corrected chi connectivity index (χ3v) is 6.71. The lowest BCUT2D eigenvalue weighted by atomic mass is 9.69. The molecule has 19 heavy (non-hydrogen) atoms. The third-order valence-electron chi connectivity index (χ3n) is 6.71. The number of carbonyl (C=O) groups is 1. The van der Waals surface area contributed by atoms with E-state index in [1.54, 1.807) is 0 Å². The molecule has 4 heteroatoms. The van der Waals surface area contributed by atoms with E-state index in [1.165, 1.54) is 0 Å². The number of aliphatic hydroxyl groups excluding tert-OH is 1. The van der Waals surface area contributed by atoms with E-state index in [1.807, 2.05) is 6.92 Å². The predicted molar refractivity (Wildman–Crippen MR) is 67.4 cm³/mol. The maximum atomic E-state index is 11.5. The molecule has 4 aliphatic rings. The number of ether oxygens (including phenoxy) is 1. The SMILES string of the molecule is C=C1[C@@H](O)[C@H]2O[C@]23C[C@H]2C[C@](C)(C(=O)O)C[C@H]2[C@]13C. The summed E-state index contributed by atoms with van der Waals surface area (Å²) >= 11 is 0. The van der Waals surface area contributed by atoms with Crippen LogP contribution < -0.4 is 0 Å². The average Bonchev–Trinajstić information content (AvgIpc) is 2.85. The average molecular weight is 264 g/mol. The fraction of sp³-hybridized carbons (Fsp3) is 0.800. The van der Waals surface area contributed by atoms with Crippen molar-refractivity contribution in [2.75, 3.05) is 0 Å². The van der Waals surface area contributed by atoms with E-state index in [4.69, 9.17) is 4.74 Å². The van der Waals surface area contributed by atoms with E-state index < -0.39 is 17.5 Å². The molecule has 2 N–H and O–H groups in total. The molecule has 4 nitrogen and oxygen atoms in total. The number of hydrogen-bond acceptors (Lipinski definition) is 3. The summed E-state index contributed by atoms with van der Waals surface area (Å²) in [5.74, 6) is -0.0272. The Morgan fingerprint density at radius 1 is 1.37 bits per heavy atom. The van der Waals surface area contributed by atoms with Gasteiger partial charge in [-0.3, -0.25) is 4.79 Å². The Bertz CT molecular complexity index is 514. The molecule has 0 aromatic heterocycles. The summed E-state index contributed by atoms with van der Waals surface area (Å²) in [5, 5.41) is 19.6. The van der Waals surface area contributed by atoms with E-state index >= 15 is 0 Å². The van der Waals surface area contributed by atoms with Gasteiger partial charge in [-0.15, -0.1) is 0 Å². The highest BCUT2D eigenvalue weighted by atomic mass is 16.6. The molecule has 3 aliphatic carbocycles. The van der Waals surface area contributed by atoms with Crippen LogP contribution in [0.4, 0.5) is 0 Å². The Kier molecular flexibility index (Phi) is 1.83. The molecule has 4 fully saturated rings. The summed E-state index contributed by atoms with van der Waals surface area (Å²) in [5.41, 5.74) is -0.239. The van der Waals surface area contributed by atoms with Gasteiger partial charge in [0.25, 0.3) is 0 Å². The molecule has 0 unspecified atom stereocenters. The molecular weight excluding hydrogens is 244 g/mol. The molecule has 0 amide bonds. The lowest BCUT2D eigenvalue weighted by Gasteiger charge is -2.35. The van der Waals surface area contributed by atoms with Gasteiger partial charge < -0.3 is 14.9 Å². The van der Waals surface area contributed by atoms with Crippen molar-refractivity contribution in [3.8, 4) is 0 Å². The van der Waals surface area contributed by atoms with Crippen LogP contribution in [-0.4, -0.2) is 34.0 Å². The van der Waals surface area contributed by atoms with Crippen molar-refractivity contribution in [1.29, 1.82) is 0 Å². The Balaban J connectivity index is 1.75. The Morgan fingerprint density at radius 2 is 2.05 bits per heavy atom. The summed E-state index contributed by atoms with van der Waals surface area (Å²) in [4.78, 5) is 11.5. The van der Waals surface area contributed by atoms with Crippen molar-refractivity contribution in [1.82, 2.24) is 0 Å². The van der Waals surface area contributed by atoms with Gasteiger partial charge in [0.2, 0.25) is 0 Å². The quantitative estimate of drug-likeness (QED) is 0.557. The van der Waals surface area contributed by atoms with E-state index in [2.05, 4.69) is 13.5 Å². The zero-order valence-corrected chi connectivity index (χ0v) is 11.3. The summed E-state index contributed by atoms with van der Waals surface area (Å²) < 4.78 is 5.86. The number of aliphatic hydroxyl groups is 1. The second-order valence-corrected chi connectivity index (χ2v) is 7.45. The lowest BCUT2D eigenvalue weighted by Crippen LogP contribution is -2.37. The summed E-state index contributed by atoms with van der Waals surface area (Å²) in [6.07, 6.45) is 1.63. The summed E-state index contributed by atoms with van der Waals surface area (Å²) in [7, 11) is 0. The lowest BCUT2D eigenvalue weighted by molar-refractivity contribution is -0.148. The van der Waals surface area contributed by atoms with Gasteiger partial charge in [-0.2, -0.15) is 0 Å². The van der Waals surface area contributed by atoms with Crippen molar-refractivity contribution in [3.05, 3.63) is 12.2 Å². The van der Waals surface area contributed by atoms with Gasteiger partial charge in [-0.05, 0) is 43.6 Å². The molecule has 7 atom stereocenters. The molecule has 4 rings (SSSR count). The van der Waals surface area contributed by atoms with Crippen LogP contribution in [0.15, 0.2) is 12.2 Å². The second-order valence-electron chi connectivity index (χ2n) is 7.45. The van der Waals surface area contributed by atoms with Crippen LogP contribution in [0.3, 0.4) is 0 Å². The highest BCUT2D eigenvalue weighted by molar-refractivity contribution is 5.75. The normalized spacial score (nSPS) is 61.7. The minimum Gasteiger partial charge on any atom is -0.481 e. The minimum absolute atomic E-state index is 0.0910. The van der Waals surface area contributed by atoms with E-state index in [0.717, 1.165) is 18.4 Å². The van der Waals surface area contributed by atoms with Gasteiger partial charge in [0.05, 0.1) is 5.41 Å². The zero-order chi connectivity index (χ0) is 13.8. The number of carboxylic acids is 1. The summed E-state index contributed by atoms with van der Waals surface area (Å²) in [6, 6.07) is 0. The molecule has 0 aromatic carbocycles. The second kappa shape index (κ2) is 2.91. The molecule has 104 valence electrons. The first-order chi connectivity index (χ1) is 8.76. The predicted octanol–water partition coefficient (Wildman–Crippen LogP) is 1.58. The number of carboxylic acid groups (broad SMARTS) is 1. The van der Waals surface area contributed by atoms with Crippen molar-refractivity contribution >= 4 is 5.97 Å². The maximum Gasteiger partial charge on any atom is 0.309 e. The number of epoxide rings is 1. The van der Waals surface area contributed by atoms with Crippen LogP contribution in [0, 0.1) is 22.7 Å². The molecule has 0 bridgehead atoms. The summed E-state index contributed by atoms with van der Waals surface area (Å²) in [6.45, 7) is 8.08. The molecule has 1 aliphatic heterocycles. The van der Waals surface area contributed by atoms with Crippen LogP contribution in [-0.2, 0) is 9.53 Å². The van der Waals surface area contributed by atoms with Crippen LogP contribution >= 0.6 is 0 Å². The standard InChI is InChI=1S/C15H20O4/c1-7-10(16)11-15(19-11)5-8-4-13(2,12(17)18)6-9(8)14(7,15)3/h8-11,16H,1,4-6H2,2-3H3,(H,17,18)/t8-,9-,10-,11-,13+,14+,15-/m1/s1. The fourth-order valence-corrected chi connectivity index (χ4v) is 5.53. The van der Waals surface area contributed by atoms with Crippen LogP contribution in [0.2, 0.25) is 0 Å². The molecular formula is C15H20O4. The Hall–Kier alpha value is -0.870. The minimum atomic E-state index is -0.697. The van der Waals surface area contributed by atoms with E-state index in [9.17, 15) is 15.0 Å². The molecule has 1 heterocycles. The van der Waals surface area contributed by atoms with Gasteiger partial charge in [-0.1, -0.05) is 13.5 Å².